The predicted octanol–water partition coefficient (Wildman–Crippen LogP) is 1.78. The lowest BCUT2D eigenvalue weighted by Crippen LogP contribution is -2.42. The van der Waals surface area contributed by atoms with Crippen LogP contribution in [0.4, 0.5) is 17.5 Å². The van der Waals surface area contributed by atoms with Crippen LogP contribution in [0.1, 0.15) is 11.1 Å². The molecule has 4 N–H and O–H groups in total. The molecular weight excluding hydrogens is 389 g/mol. The van der Waals surface area contributed by atoms with Crippen molar-refractivity contribution in [2.75, 3.05) is 29.6 Å². The molecule has 0 spiro atoms. The number of ether oxygens (including phenoxy) is 1. The largest absolute Gasteiger partial charge is 0.496 e. The summed E-state index contributed by atoms with van der Waals surface area (Å²) in [5.41, 5.74) is 10.7. The summed E-state index contributed by atoms with van der Waals surface area (Å²) in [7, 11) is 7.73. The monoisotopic (exact) mass is 411 g/mol. The van der Waals surface area contributed by atoms with Crippen molar-refractivity contribution < 1.29 is 4.74 Å². The Morgan fingerprint density at radius 1 is 1.26 bits per heavy atom. The normalized spacial score (nSPS) is 15.6. The van der Waals surface area contributed by atoms with Gasteiger partial charge in [0.25, 0.3) is 0 Å². The molecule has 31 heavy (non-hydrogen) atoms. The third-order valence-electron chi connectivity index (χ3n) is 5.57. The van der Waals surface area contributed by atoms with Crippen molar-refractivity contribution in [1.82, 2.24) is 20.2 Å². The summed E-state index contributed by atoms with van der Waals surface area (Å²) in [6.07, 6.45) is 2.58. The van der Waals surface area contributed by atoms with Crippen LogP contribution in [-0.2, 0) is 13.0 Å². The summed E-state index contributed by atoms with van der Waals surface area (Å²) < 4.78 is 5.57. The summed E-state index contributed by atoms with van der Waals surface area (Å²) in [6.45, 7) is 1.45. The number of fused-ring (bicyclic) bond motifs is 2. The molecule has 5 rings (SSSR count). The second-order valence-corrected chi connectivity index (χ2v) is 7.69. The number of para-hydroxylation sites is 1. The van der Waals surface area contributed by atoms with Gasteiger partial charge < -0.3 is 20.7 Å². The minimum atomic E-state index is 0.120. The molecule has 9 heteroatoms. The molecule has 8 nitrogen and oxygen atoms in total. The topological polar surface area (TPSA) is 105 Å². The number of H-pyrrole nitrogens is 1. The molecule has 0 fully saturated rings. The quantitative estimate of drug-likeness (QED) is 0.430. The highest BCUT2D eigenvalue weighted by Gasteiger charge is 2.26. The number of nitrogen functional groups attached to an aromatic ring is 1. The number of rotatable bonds is 5. The van der Waals surface area contributed by atoms with E-state index in [4.69, 9.17) is 18.3 Å². The molecule has 1 atom stereocenters. The van der Waals surface area contributed by atoms with E-state index < -0.39 is 0 Å². The van der Waals surface area contributed by atoms with Gasteiger partial charge in [0.1, 0.15) is 19.4 Å². The van der Waals surface area contributed by atoms with Crippen LogP contribution in [0.5, 0.6) is 5.75 Å². The van der Waals surface area contributed by atoms with E-state index in [0.717, 1.165) is 35.1 Å². The summed E-state index contributed by atoms with van der Waals surface area (Å²) in [5.74, 6) is 1.71. The van der Waals surface area contributed by atoms with Gasteiger partial charge in [0, 0.05) is 30.4 Å². The molecule has 0 bridgehead atoms. The Kier molecular flexibility index (Phi) is 4.86. The van der Waals surface area contributed by atoms with Crippen molar-refractivity contribution >= 4 is 41.8 Å². The lowest BCUT2D eigenvalue weighted by Gasteiger charge is -2.37. The van der Waals surface area contributed by atoms with Gasteiger partial charge in [0.2, 0.25) is 5.95 Å². The van der Waals surface area contributed by atoms with Gasteiger partial charge in [-0.15, -0.1) is 0 Å². The van der Waals surface area contributed by atoms with Gasteiger partial charge in [-0.3, -0.25) is 5.10 Å². The van der Waals surface area contributed by atoms with Gasteiger partial charge in [-0.25, -0.2) is 0 Å². The van der Waals surface area contributed by atoms with Crippen LogP contribution in [0, 0.1) is 0 Å². The average Bonchev–Trinajstić information content (AvgIpc) is 3.23. The fourth-order valence-electron chi connectivity index (χ4n) is 4.22. The molecule has 2 radical (unpaired) electrons. The molecule has 1 aliphatic rings. The highest BCUT2D eigenvalue weighted by atomic mass is 16.5. The third kappa shape index (κ3) is 3.74. The number of benzene rings is 2. The van der Waals surface area contributed by atoms with Crippen LogP contribution in [-0.4, -0.2) is 47.7 Å². The number of hydrogen-bond acceptors (Lipinski definition) is 7. The SMILES string of the molecule is [B]c1ccc(OC)c(CN2CC(Nc3nc(N)nc4[nH]ncc34)Cc3ccccc32)c1. The number of hydrogen-bond donors (Lipinski definition) is 3. The van der Waals surface area contributed by atoms with Crippen molar-refractivity contribution in [2.24, 2.45) is 0 Å². The fraction of sp³-hybridized carbons (Fsp3) is 0.227. The zero-order valence-corrected chi connectivity index (χ0v) is 17.2. The Hall–Kier alpha value is -3.75. The Balaban J connectivity index is 1.47. The number of nitrogens with one attached hydrogen (secondary N) is 2. The second kappa shape index (κ2) is 7.83. The summed E-state index contributed by atoms with van der Waals surface area (Å²) in [6, 6.07) is 14.3. The lowest BCUT2D eigenvalue weighted by atomic mass is 9.93. The van der Waals surface area contributed by atoms with Crippen LogP contribution < -0.4 is 26.2 Å². The Morgan fingerprint density at radius 2 is 2.13 bits per heavy atom. The molecule has 0 aliphatic carbocycles. The minimum Gasteiger partial charge on any atom is -0.496 e. The Morgan fingerprint density at radius 3 is 3.00 bits per heavy atom. The zero-order valence-electron chi connectivity index (χ0n) is 17.2. The van der Waals surface area contributed by atoms with E-state index in [0.29, 0.717) is 18.0 Å². The third-order valence-corrected chi connectivity index (χ3v) is 5.57. The van der Waals surface area contributed by atoms with E-state index in [2.05, 4.69) is 54.6 Å². The number of methoxy groups -OCH3 is 1. The van der Waals surface area contributed by atoms with Crippen LogP contribution >= 0.6 is 0 Å². The van der Waals surface area contributed by atoms with Crippen molar-refractivity contribution in [3.8, 4) is 5.75 Å². The number of anilines is 3. The highest BCUT2D eigenvalue weighted by molar-refractivity contribution is 6.32. The standard InChI is InChI=1S/C22H22BN7O/c1-31-19-7-6-15(23)8-14(19)11-30-12-16(9-13-4-2-3-5-18(13)30)26-20-17-10-25-29-21(17)28-22(24)27-20/h2-8,10,16H,9,11-12H2,1H3,(H4,24,25,26,27,28,29). The molecule has 154 valence electrons. The maximum absolute atomic E-state index is 6.05. The van der Waals surface area contributed by atoms with Crippen molar-refractivity contribution in [3.63, 3.8) is 0 Å². The second-order valence-electron chi connectivity index (χ2n) is 7.69. The number of aromatic nitrogens is 4. The molecular formula is C22H22BN7O. The van der Waals surface area contributed by atoms with E-state index in [1.54, 1.807) is 13.3 Å². The predicted molar refractivity (Wildman–Crippen MR) is 123 cm³/mol. The maximum Gasteiger partial charge on any atom is 0.224 e. The lowest BCUT2D eigenvalue weighted by molar-refractivity contribution is 0.409. The first-order valence-corrected chi connectivity index (χ1v) is 10.1. The first-order chi connectivity index (χ1) is 15.1. The number of nitrogens with zero attached hydrogens (tertiary/aromatic N) is 4. The highest BCUT2D eigenvalue weighted by Crippen LogP contribution is 2.31. The van der Waals surface area contributed by atoms with Gasteiger partial charge in [-0.05, 0) is 24.1 Å². The molecule has 1 aliphatic heterocycles. The van der Waals surface area contributed by atoms with Gasteiger partial charge in [-0.2, -0.15) is 15.1 Å². The summed E-state index contributed by atoms with van der Waals surface area (Å²) in [4.78, 5) is 10.9. The number of nitrogens with two attached hydrogens (primary N) is 1. The van der Waals surface area contributed by atoms with E-state index in [1.807, 2.05) is 18.2 Å². The van der Waals surface area contributed by atoms with Crippen molar-refractivity contribution in [2.45, 2.75) is 19.0 Å². The first-order valence-electron chi connectivity index (χ1n) is 10.1. The molecule has 2 aromatic heterocycles. The van der Waals surface area contributed by atoms with Gasteiger partial charge >= 0.3 is 0 Å². The average molecular weight is 411 g/mol. The van der Waals surface area contributed by atoms with E-state index in [1.165, 1.54) is 11.3 Å². The van der Waals surface area contributed by atoms with Crippen LogP contribution in [0.3, 0.4) is 0 Å². The molecule has 1 unspecified atom stereocenters. The summed E-state index contributed by atoms with van der Waals surface area (Å²) >= 11 is 0. The molecule has 3 heterocycles. The molecule has 0 saturated heterocycles. The molecule has 0 amide bonds. The zero-order chi connectivity index (χ0) is 21.4. The first kappa shape index (κ1) is 19.2. The smallest absolute Gasteiger partial charge is 0.224 e. The van der Waals surface area contributed by atoms with Gasteiger partial charge in [-0.1, -0.05) is 35.8 Å². The van der Waals surface area contributed by atoms with E-state index in [9.17, 15) is 0 Å². The maximum atomic E-state index is 6.05. The van der Waals surface area contributed by atoms with Crippen LogP contribution in [0.25, 0.3) is 11.0 Å². The van der Waals surface area contributed by atoms with E-state index in [-0.39, 0.29) is 12.0 Å². The Labute approximate surface area is 181 Å². The van der Waals surface area contributed by atoms with Crippen LogP contribution in [0.2, 0.25) is 0 Å². The molecule has 2 aromatic carbocycles. The van der Waals surface area contributed by atoms with Crippen LogP contribution in [0.15, 0.2) is 48.7 Å². The van der Waals surface area contributed by atoms with Gasteiger partial charge in [0.15, 0.2) is 5.65 Å². The van der Waals surface area contributed by atoms with Crippen molar-refractivity contribution in [1.29, 1.82) is 0 Å². The van der Waals surface area contributed by atoms with Gasteiger partial charge in [0.05, 0.1) is 18.7 Å². The fourth-order valence-corrected chi connectivity index (χ4v) is 4.22. The minimum absolute atomic E-state index is 0.120. The Bertz CT molecular complexity index is 1240. The molecule has 0 saturated carbocycles. The summed E-state index contributed by atoms with van der Waals surface area (Å²) in [5, 5.41) is 11.3. The molecule has 4 aromatic rings. The van der Waals surface area contributed by atoms with E-state index >= 15 is 0 Å². The van der Waals surface area contributed by atoms with Crippen molar-refractivity contribution in [3.05, 3.63) is 59.8 Å². The number of aromatic amines is 1.